The van der Waals surface area contributed by atoms with Crippen LogP contribution in [0.4, 0.5) is 0 Å². The number of aliphatic hydroxyl groups is 1. The van der Waals surface area contributed by atoms with E-state index >= 15 is 0 Å². The smallest absolute Gasteiger partial charge is 0.300 e. The van der Waals surface area contributed by atoms with Crippen LogP contribution in [0, 0.1) is 0 Å². The van der Waals surface area contributed by atoms with Crippen LogP contribution < -0.4 is 0 Å². The van der Waals surface area contributed by atoms with Crippen LogP contribution in [-0.2, 0) is 4.79 Å². The lowest BCUT2D eigenvalue weighted by Crippen LogP contribution is -2.26. The van der Waals surface area contributed by atoms with Gasteiger partial charge in [0.2, 0.25) is 0 Å². The molecule has 0 unspecified atom stereocenters. The quantitative estimate of drug-likeness (QED) is 0.588. The minimum absolute atomic E-state index is 0.321. The first-order valence-corrected chi connectivity index (χ1v) is 4.36. The fourth-order valence-corrected chi connectivity index (χ4v) is 1.31. The summed E-state index contributed by atoms with van der Waals surface area (Å²) >= 11 is 0. The second-order valence-electron chi connectivity index (χ2n) is 3.58. The highest BCUT2D eigenvalue weighted by atomic mass is 16.4. The fourth-order valence-electron chi connectivity index (χ4n) is 1.31. The summed E-state index contributed by atoms with van der Waals surface area (Å²) in [5.41, 5.74) is -0.321. The first-order valence-electron chi connectivity index (χ1n) is 4.36. The molecule has 0 saturated heterocycles. The van der Waals surface area contributed by atoms with Crippen LogP contribution in [0.1, 0.15) is 46.0 Å². The summed E-state index contributed by atoms with van der Waals surface area (Å²) in [6.07, 6.45) is 5.76. The molecule has 0 spiro atoms. The lowest BCUT2D eigenvalue weighted by atomic mass is 9.87. The van der Waals surface area contributed by atoms with E-state index in [1.54, 1.807) is 0 Å². The summed E-state index contributed by atoms with van der Waals surface area (Å²) in [5, 5.41) is 16.8. The average Bonchev–Trinajstić information content (AvgIpc) is 1.85. The largest absolute Gasteiger partial charge is 0.481 e. The second kappa shape index (κ2) is 5.14. The molecule has 2 N–H and O–H groups in total. The standard InChI is InChI=1S/C7H14O.C2H4O2/c1-7(8)5-3-2-4-6-7;1-2(3)4/h8H,2-6H2,1H3;1H3,(H,3,4). The highest BCUT2D eigenvalue weighted by molar-refractivity contribution is 5.62. The lowest BCUT2D eigenvalue weighted by Gasteiger charge is -2.27. The Morgan fingerprint density at radius 1 is 1.25 bits per heavy atom. The molecule has 3 nitrogen and oxygen atoms in total. The molecule has 72 valence electrons. The van der Waals surface area contributed by atoms with Gasteiger partial charge in [0, 0.05) is 6.92 Å². The molecule has 0 amide bonds. The van der Waals surface area contributed by atoms with E-state index < -0.39 is 5.97 Å². The van der Waals surface area contributed by atoms with Crippen LogP contribution >= 0.6 is 0 Å². The first kappa shape index (κ1) is 11.4. The Labute approximate surface area is 73.4 Å². The van der Waals surface area contributed by atoms with Crippen LogP contribution in [-0.4, -0.2) is 21.8 Å². The van der Waals surface area contributed by atoms with Gasteiger partial charge in [0.15, 0.2) is 0 Å². The third-order valence-electron chi connectivity index (χ3n) is 1.93. The van der Waals surface area contributed by atoms with Crippen LogP contribution in [0.15, 0.2) is 0 Å². The van der Waals surface area contributed by atoms with Gasteiger partial charge in [-0.15, -0.1) is 0 Å². The molecule has 0 radical (unpaired) electrons. The molecule has 1 aliphatic carbocycles. The van der Waals surface area contributed by atoms with Gasteiger partial charge in [-0.2, -0.15) is 0 Å². The summed E-state index contributed by atoms with van der Waals surface area (Å²) in [4.78, 5) is 9.00. The van der Waals surface area contributed by atoms with E-state index in [0.29, 0.717) is 0 Å². The fraction of sp³-hybridized carbons (Fsp3) is 0.889. The van der Waals surface area contributed by atoms with Gasteiger partial charge in [-0.1, -0.05) is 19.3 Å². The maximum atomic E-state index is 9.37. The van der Waals surface area contributed by atoms with Crippen molar-refractivity contribution >= 4 is 5.97 Å². The van der Waals surface area contributed by atoms with Crippen LogP contribution in [0.3, 0.4) is 0 Å². The average molecular weight is 174 g/mol. The maximum Gasteiger partial charge on any atom is 0.300 e. The molecule has 0 aliphatic heterocycles. The zero-order valence-corrected chi connectivity index (χ0v) is 7.84. The Kier molecular flexibility index (Phi) is 4.90. The predicted molar refractivity (Wildman–Crippen MR) is 47.0 cm³/mol. The Bertz CT molecular complexity index is 129. The molecule has 0 heterocycles. The monoisotopic (exact) mass is 174 g/mol. The third-order valence-corrected chi connectivity index (χ3v) is 1.93. The molecule has 1 aliphatic rings. The molecule has 3 heteroatoms. The molecular formula is C9H18O3. The van der Waals surface area contributed by atoms with Gasteiger partial charge in [-0.05, 0) is 19.8 Å². The molecule has 0 atom stereocenters. The number of hydrogen-bond acceptors (Lipinski definition) is 2. The normalized spacial score (nSPS) is 20.6. The van der Waals surface area contributed by atoms with Crippen molar-refractivity contribution in [3.8, 4) is 0 Å². The van der Waals surface area contributed by atoms with Gasteiger partial charge in [-0.25, -0.2) is 0 Å². The summed E-state index contributed by atoms with van der Waals surface area (Å²) in [5.74, 6) is -0.833. The van der Waals surface area contributed by atoms with E-state index in [2.05, 4.69) is 0 Å². The highest BCUT2D eigenvalue weighted by Crippen LogP contribution is 2.26. The maximum absolute atomic E-state index is 9.37. The van der Waals surface area contributed by atoms with Crippen molar-refractivity contribution in [1.82, 2.24) is 0 Å². The molecule has 1 rings (SSSR count). The summed E-state index contributed by atoms with van der Waals surface area (Å²) < 4.78 is 0. The summed E-state index contributed by atoms with van der Waals surface area (Å²) in [6.45, 7) is 3.02. The van der Waals surface area contributed by atoms with Crippen LogP contribution in [0.5, 0.6) is 0 Å². The number of hydrogen-bond donors (Lipinski definition) is 2. The van der Waals surface area contributed by atoms with E-state index in [-0.39, 0.29) is 5.60 Å². The molecule has 0 bridgehead atoms. The van der Waals surface area contributed by atoms with Gasteiger partial charge in [-0.3, -0.25) is 4.79 Å². The SMILES string of the molecule is CC(=O)O.CC1(O)CCCCC1. The topological polar surface area (TPSA) is 57.5 Å². The van der Waals surface area contributed by atoms with E-state index in [9.17, 15) is 5.11 Å². The van der Waals surface area contributed by atoms with Crippen molar-refractivity contribution in [3.05, 3.63) is 0 Å². The van der Waals surface area contributed by atoms with Crippen molar-refractivity contribution in [2.24, 2.45) is 0 Å². The Morgan fingerprint density at radius 2 is 1.58 bits per heavy atom. The van der Waals surface area contributed by atoms with Crippen molar-refractivity contribution in [2.75, 3.05) is 0 Å². The molecule has 1 fully saturated rings. The van der Waals surface area contributed by atoms with Gasteiger partial charge < -0.3 is 10.2 Å². The number of carbonyl (C=O) groups is 1. The molecule has 12 heavy (non-hydrogen) atoms. The highest BCUT2D eigenvalue weighted by Gasteiger charge is 2.22. The molecule has 0 aromatic carbocycles. The van der Waals surface area contributed by atoms with Gasteiger partial charge >= 0.3 is 0 Å². The van der Waals surface area contributed by atoms with Gasteiger partial charge in [0.05, 0.1) is 5.60 Å². The Hall–Kier alpha value is -0.570. The lowest BCUT2D eigenvalue weighted by molar-refractivity contribution is -0.134. The van der Waals surface area contributed by atoms with Gasteiger partial charge in [0.1, 0.15) is 0 Å². The molecule has 0 aromatic heterocycles. The molecular weight excluding hydrogens is 156 g/mol. The van der Waals surface area contributed by atoms with Crippen LogP contribution in [0.2, 0.25) is 0 Å². The van der Waals surface area contributed by atoms with E-state index in [4.69, 9.17) is 9.90 Å². The van der Waals surface area contributed by atoms with E-state index in [1.165, 1.54) is 19.3 Å². The number of aliphatic carboxylic acids is 1. The minimum Gasteiger partial charge on any atom is -0.481 e. The van der Waals surface area contributed by atoms with Crippen molar-refractivity contribution < 1.29 is 15.0 Å². The number of rotatable bonds is 0. The zero-order valence-electron chi connectivity index (χ0n) is 7.84. The zero-order chi connectivity index (χ0) is 9.61. The summed E-state index contributed by atoms with van der Waals surface area (Å²) in [6, 6.07) is 0. The summed E-state index contributed by atoms with van der Waals surface area (Å²) in [7, 11) is 0. The third kappa shape index (κ3) is 7.54. The van der Waals surface area contributed by atoms with Crippen LogP contribution in [0.25, 0.3) is 0 Å². The van der Waals surface area contributed by atoms with E-state index in [0.717, 1.165) is 19.8 Å². The van der Waals surface area contributed by atoms with Crippen molar-refractivity contribution in [2.45, 2.75) is 51.6 Å². The minimum atomic E-state index is -0.833. The first-order chi connectivity index (χ1) is 5.44. The predicted octanol–water partition coefficient (Wildman–Crippen LogP) is 1.79. The number of carboxylic acid groups (broad SMARTS) is 1. The Balaban J connectivity index is 0.000000261. The van der Waals surface area contributed by atoms with E-state index in [1.807, 2.05) is 6.92 Å². The van der Waals surface area contributed by atoms with Crippen molar-refractivity contribution in [1.29, 1.82) is 0 Å². The Morgan fingerprint density at radius 3 is 1.75 bits per heavy atom. The number of carboxylic acids is 1. The molecule has 1 saturated carbocycles. The van der Waals surface area contributed by atoms with Gasteiger partial charge in [0.25, 0.3) is 5.97 Å². The van der Waals surface area contributed by atoms with Crippen molar-refractivity contribution in [3.63, 3.8) is 0 Å². The molecule has 0 aromatic rings. The second-order valence-corrected chi connectivity index (χ2v) is 3.58.